The molecule has 3 aliphatic rings. The molecule has 0 aromatic carbocycles. The fourth-order valence-electron chi connectivity index (χ4n) is 3.29. The highest BCUT2D eigenvalue weighted by Crippen LogP contribution is 2.30. The van der Waals surface area contributed by atoms with Gasteiger partial charge >= 0.3 is 0 Å². The molecule has 3 rings (SSSR count). The second-order valence-electron chi connectivity index (χ2n) is 5.75. The molecule has 0 aromatic heterocycles. The molecule has 1 aliphatic carbocycles. The van der Waals surface area contributed by atoms with Crippen molar-refractivity contribution in [3.8, 4) is 0 Å². The molecule has 1 amide bonds. The molecule has 4 heteroatoms. The zero-order valence-electron chi connectivity index (χ0n) is 10.3. The van der Waals surface area contributed by atoms with Crippen LogP contribution in [0.4, 0.5) is 0 Å². The van der Waals surface area contributed by atoms with E-state index in [1.54, 1.807) is 0 Å². The summed E-state index contributed by atoms with van der Waals surface area (Å²) in [5.41, 5.74) is 0. The summed E-state index contributed by atoms with van der Waals surface area (Å²) in [6.07, 6.45) is 5.44. The van der Waals surface area contributed by atoms with Crippen LogP contribution in [-0.4, -0.2) is 59.1 Å². The Hall–Kier alpha value is -0.610. The van der Waals surface area contributed by atoms with E-state index in [0.29, 0.717) is 6.54 Å². The normalized spacial score (nSPS) is 35.2. The van der Waals surface area contributed by atoms with E-state index in [-0.39, 0.29) is 24.0 Å². The monoisotopic (exact) mass is 238 g/mol. The van der Waals surface area contributed by atoms with Crippen LogP contribution in [0.3, 0.4) is 0 Å². The number of aliphatic hydroxyl groups excluding tert-OH is 1. The first kappa shape index (κ1) is 11.5. The second-order valence-corrected chi connectivity index (χ2v) is 5.75. The molecule has 3 fully saturated rings. The lowest BCUT2D eigenvalue weighted by molar-refractivity contribution is -0.137. The Labute approximate surface area is 103 Å². The van der Waals surface area contributed by atoms with E-state index < -0.39 is 0 Å². The molecule has 0 spiro atoms. The molecule has 2 saturated heterocycles. The first-order valence-electron chi connectivity index (χ1n) is 6.96. The van der Waals surface area contributed by atoms with Gasteiger partial charge in [0.05, 0.1) is 12.1 Å². The molecule has 0 radical (unpaired) electrons. The topological polar surface area (TPSA) is 43.8 Å². The van der Waals surface area contributed by atoms with Gasteiger partial charge in [-0.25, -0.2) is 0 Å². The molecular formula is C13H22N2O2. The van der Waals surface area contributed by atoms with Crippen molar-refractivity contribution >= 4 is 5.91 Å². The van der Waals surface area contributed by atoms with E-state index in [4.69, 9.17) is 0 Å². The van der Waals surface area contributed by atoms with Crippen molar-refractivity contribution in [3.05, 3.63) is 0 Å². The molecular weight excluding hydrogens is 216 g/mol. The van der Waals surface area contributed by atoms with Crippen molar-refractivity contribution in [1.29, 1.82) is 0 Å². The fourth-order valence-corrected chi connectivity index (χ4v) is 3.29. The highest BCUT2D eigenvalue weighted by molar-refractivity contribution is 5.80. The SMILES string of the molecule is O=C(C1CCC1)N1C[C@@H](O)[C@H](N2CCCC2)C1. The van der Waals surface area contributed by atoms with Gasteiger partial charge < -0.3 is 10.0 Å². The third-order valence-electron chi connectivity index (χ3n) is 4.63. The molecule has 2 aliphatic heterocycles. The van der Waals surface area contributed by atoms with Gasteiger partial charge in [-0.3, -0.25) is 9.69 Å². The van der Waals surface area contributed by atoms with Crippen LogP contribution in [-0.2, 0) is 4.79 Å². The number of hydrogen-bond donors (Lipinski definition) is 1. The van der Waals surface area contributed by atoms with Crippen LogP contribution in [0.25, 0.3) is 0 Å². The molecule has 0 bridgehead atoms. The van der Waals surface area contributed by atoms with Crippen LogP contribution in [0.15, 0.2) is 0 Å². The summed E-state index contributed by atoms with van der Waals surface area (Å²) in [5.74, 6) is 0.552. The van der Waals surface area contributed by atoms with E-state index in [9.17, 15) is 9.90 Å². The van der Waals surface area contributed by atoms with Crippen LogP contribution in [0, 0.1) is 5.92 Å². The Kier molecular flexibility index (Phi) is 3.09. The third-order valence-corrected chi connectivity index (χ3v) is 4.63. The highest BCUT2D eigenvalue weighted by Gasteiger charge is 2.40. The molecule has 4 nitrogen and oxygen atoms in total. The van der Waals surface area contributed by atoms with E-state index >= 15 is 0 Å². The maximum absolute atomic E-state index is 12.1. The minimum atomic E-state index is -0.336. The Morgan fingerprint density at radius 2 is 1.76 bits per heavy atom. The molecule has 2 atom stereocenters. The van der Waals surface area contributed by atoms with Crippen molar-refractivity contribution in [2.24, 2.45) is 5.92 Å². The lowest BCUT2D eigenvalue weighted by Gasteiger charge is -2.29. The van der Waals surface area contributed by atoms with Crippen molar-refractivity contribution in [1.82, 2.24) is 9.80 Å². The van der Waals surface area contributed by atoms with Gasteiger partial charge in [0, 0.05) is 19.0 Å². The molecule has 0 aromatic rings. The minimum absolute atomic E-state index is 0.196. The standard InChI is InChI=1S/C13H22N2O2/c16-12-9-15(13(17)10-4-3-5-10)8-11(12)14-6-1-2-7-14/h10-12,16H,1-9H2/t11-,12-/m1/s1. The number of likely N-dealkylation sites (tertiary alicyclic amines) is 2. The highest BCUT2D eigenvalue weighted by atomic mass is 16.3. The average molecular weight is 238 g/mol. The maximum Gasteiger partial charge on any atom is 0.225 e. The van der Waals surface area contributed by atoms with Gasteiger partial charge in [0.1, 0.15) is 0 Å². The maximum atomic E-state index is 12.1. The lowest BCUT2D eigenvalue weighted by Crippen LogP contribution is -2.42. The number of β-amino-alcohol motifs (C(OH)–C–C–N with tert-alkyl or cyclic N) is 1. The van der Waals surface area contributed by atoms with E-state index in [0.717, 1.165) is 32.5 Å². The molecule has 96 valence electrons. The average Bonchev–Trinajstić information content (AvgIpc) is 2.82. The lowest BCUT2D eigenvalue weighted by atomic mass is 9.84. The van der Waals surface area contributed by atoms with Crippen molar-refractivity contribution in [2.75, 3.05) is 26.2 Å². The summed E-state index contributed by atoms with van der Waals surface area (Å²) in [4.78, 5) is 16.4. The second kappa shape index (κ2) is 4.58. The Balaban J connectivity index is 1.60. The van der Waals surface area contributed by atoms with Crippen LogP contribution in [0.1, 0.15) is 32.1 Å². The fraction of sp³-hybridized carbons (Fsp3) is 0.923. The first-order chi connectivity index (χ1) is 8.25. The Morgan fingerprint density at radius 3 is 2.35 bits per heavy atom. The number of amides is 1. The first-order valence-corrected chi connectivity index (χ1v) is 6.96. The van der Waals surface area contributed by atoms with Gasteiger partial charge in [-0.05, 0) is 38.8 Å². The Morgan fingerprint density at radius 1 is 1.06 bits per heavy atom. The predicted molar refractivity (Wildman–Crippen MR) is 64.5 cm³/mol. The molecule has 17 heavy (non-hydrogen) atoms. The van der Waals surface area contributed by atoms with Gasteiger partial charge in [0.2, 0.25) is 5.91 Å². The van der Waals surface area contributed by atoms with Crippen molar-refractivity contribution in [2.45, 2.75) is 44.2 Å². The van der Waals surface area contributed by atoms with Gasteiger partial charge in [0.15, 0.2) is 0 Å². The van der Waals surface area contributed by atoms with Crippen LogP contribution >= 0.6 is 0 Å². The molecule has 0 unspecified atom stereocenters. The number of rotatable bonds is 2. The van der Waals surface area contributed by atoms with Crippen molar-refractivity contribution < 1.29 is 9.90 Å². The largest absolute Gasteiger partial charge is 0.390 e. The van der Waals surface area contributed by atoms with E-state index in [1.165, 1.54) is 19.3 Å². The summed E-state index contributed by atoms with van der Waals surface area (Å²) in [6, 6.07) is 0.196. The molecule has 2 heterocycles. The molecule has 1 N–H and O–H groups in total. The zero-order chi connectivity index (χ0) is 11.8. The summed E-state index contributed by atoms with van der Waals surface area (Å²) in [5, 5.41) is 10.1. The number of carbonyl (C=O) groups is 1. The number of nitrogens with zero attached hydrogens (tertiary/aromatic N) is 2. The van der Waals surface area contributed by atoms with E-state index in [2.05, 4.69) is 4.90 Å². The summed E-state index contributed by atoms with van der Waals surface area (Å²) < 4.78 is 0. The number of carbonyl (C=O) groups excluding carboxylic acids is 1. The van der Waals surface area contributed by atoms with Gasteiger partial charge in [-0.15, -0.1) is 0 Å². The minimum Gasteiger partial charge on any atom is -0.390 e. The van der Waals surface area contributed by atoms with Gasteiger partial charge in [-0.1, -0.05) is 6.42 Å². The number of hydrogen-bond acceptors (Lipinski definition) is 3. The quantitative estimate of drug-likeness (QED) is 0.760. The predicted octanol–water partition coefficient (Wildman–Crippen LogP) is 0.454. The Bertz CT molecular complexity index is 298. The summed E-state index contributed by atoms with van der Waals surface area (Å²) >= 11 is 0. The van der Waals surface area contributed by atoms with Crippen LogP contribution in [0.5, 0.6) is 0 Å². The van der Waals surface area contributed by atoms with Gasteiger partial charge in [0.25, 0.3) is 0 Å². The van der Waals surface area contributed by atoms with Gasteiger partial charge in [-0.2, -0.15) is 0 Å². The van der Waals surface area contributed by atoms with E-state index in [1.807, 2.05) is 4.90 Å². The zero-order valence-corrected chi connectivity index (χ0v) is 10.3. The van der Waals surface area contributed by atoms with Crippen LogP contribution < -0.4 is 0 Å². The number of aliphatic hydroxyl groups is 1. The third kappa shape index (κ3) is 2.08. The smallest absolute Gasteiger partial charge is 0.225 e. The molecule has 1 saturated carbocycles. The summed E-state index contributed by atoms with van der Waals surface area (Å²) in [6.45, 7) is 3.48. The summed E-state index contributed by atoms with van der Waals surface area (Å²) in [7, 11) is 0. The van der Waals surface area contributed by atoms with Crippen molar-refractivity contribution in [3.63, 3.8) is 0 Å². The van der Waals surface area contributed by atoms with Crippen LogP contribution in [0.2, 0.25) is 0 Å².